The highest BCUT2D eigenvalue weighted by molar-refractivity contribution is 7.00. The van der Waals surface area contributed by atoms with Crippen molar-refractivity contribution in [3.8, 4) is 34.1 Å². The van der Waals surface area contributed by atoms with Crippen molar-refractivity contribution in [3.05, 3.63) is 126 Å². The molecule has 0 amide bonds. The molecule has 0 bridgehead atoms. The number of fused-ring (bicyclic) bond motifs is 7. The highest BCUT2D eigenvalue weighted by Crippen LogP contribution is 2.54. The van der Waals surface area contributed by atoms with Gasteiger partial charge < -0.3 is 28.7 Å². The maximum atomic E-state index is 6.61. The maximum Gasteiger partial charge on any atom is 0.252 e. The summed E-state index contributed by atoms with van der Waals surface area (Å²) >= 11 is 0. The third kappa shape index (κ3) is 5.38. The van der Waals surface area contributed by atoms with E-state index in [0.717, 1.165) is 57.0 Å². The molecule has 280 valence electrons. The molecule has 10 rings (SSSR count). The minimum Gasteiger partial charge on any atom is -0.486 e. The van der Waals surface area contributed by atoms with Gasteiger partial charge in [0.2, 0.25) is 0 Å². The van der Waals surface area contributed by atoms with Crippen molar-refractivity contribution in [1.29, 1.82) is 0 Å². The molecule has 0 atom stereocenters. The molecule has 7 heteroatoms. The second-order valence-electron chi connectivity index (χ2n) is 17.5. The molecule has 6 aromatic rings. The fourth-order valence-corrected chi connectivity index (χ4v) is 8.98. The molecule has 4 aliphatic rings. The molecule has 4 aliphatic heterocycles. The fourth-order valence-electron chi connectivity index (χ4n) is 8.98. The van der Waals surface area contributed by atoms with E-state index < -0.39 is 0 Å². The molecule has 0 radical (unpaired) electrons. The molecule has 0 aromatic heterocycles. The second-order valence-corrected chi connectivity index (χ2v) is 17.5. The lowest BCUT2D eigenvalue weighted by atomic mass is 9.33. The Morgan fingerprint density at radius 3 is 1.84 bits per heavy atom. The van der Waals surface area contributed by atoms with Crippen LogP contribution in [-0.2, 0) is 10.8 Å². The Hall–Kier alpha value is -5.82. The number of hydrogen-bond donors (Lipinski definition) is 0. The molecule has 0 saturated carbocycles. The van der Waals surface area contributed by atoms with E-state index >= 15 is 0 Å². The molecule has 56 heavy (non-hydrogen) atoms. The second kappa shape index (κ2) is 12.6. The zero-order valence-corrected chi connectivity index (χ0v) is 33.3. The first-order valence-corrected chi connectivity index (χ1v) is 19.9. The Morgan fingerprint density at radius 1 is 0.500 bits per heavy atom. The minimum absolute atomic E-state index is 0.0210. The lowest BCUT2D eigenvalue weighted by molar-refractivity contribution is 0.171. The largest absolute Gasteiger partial charge is 0.486 e. The van der Waals surface area contributed by atoms with Gasteiger partial charge in [-0.1, -0.05) is 102 Å². The predicted molar refractivity (Wildman–Crippen MR) is 230 cm³/mol. The smallest absolute Gasteiger partial charge is 0.252 e. The van der Waals surface area contributed by atoms with E-state index in [1.54, 1.807) is 0 Å². The van der Waals surface area contributed by atoms with E-state index in [2.05, 4.69) is 161 Å². The van der Waals surface area contributed by atoms with Crippen LogP contribution in [0.15, 0.2) is 109 Å². The molecular formula is C49H47BN2O4. The van der Waals surface area contributed by atoms with Gasteiger partial charge in [-0.15, -0.1) is 0 Å². The van der Waals surface area contributed by atoms with Crippen molar-refractivity contribution in [2.45, 2.75) is 59.3 Å². The van der Waals surface area contributed by atoms with Gasteiger partial charge in [0.1, 0.15) is 26.4 Å². The molecule has 0 N–H and O–H groups in total. The lowest BCUT2D eigenvalue weighted by Crippen LogP contribution is -2.61. The van der Waals surface area contributed by atoms with E-state index in [4.69, 9.17) is 18.9 Å². The average Bonchev–Trinajstić information content (AvgIpc) is 3.19. The summed E-state index contributed by atoms with van der Waals surface area (Å²) in [5, 5.41) is 0. The predicted octanol–water partition coefficient (Wildman–Crippen LogP) is 9.88. The summed E-state index contributed by atoms with van der Waals surface area (Å²) in [6.07, 6.45) is 0. The van der Waals surface area contributed by atoms with Crippen LogP contribution in [-0.4, -0.2) is 33.1 Å². The van der Waals surface area contributed by atoms with Crippen LogP contribution in [0.3, 0.4) is 0 Å². The van der Waals surface area contributed by atoms with Crippen LogP contribution in [0, 0.1) is 6.92 Å². The standard InChI is InChI=1S/C49H47BN2O4/c1-30-26-40-44-41(27-30)52(39-14-11-15-42-46(39)55-24-22-53-42)45-35(18-21-43-47(45)56-25-23-54-43)50(44)36-29-33(49(5,6)7)17-20-38(36)51(40)37-19-16-32(48(2,3)4)28-34(37)31-12-9-8-10-13-31/h8-21,26-29H,22-25H2,1-7H3. The molecule has 0 unspecified atom stereocenters. The lowest BCUT2D eigenvalue weighted by Gasteiger charge is -2.46. The van der Waals surface area contributed by atoms with Gasteiger partial charge in [-0.05, 0) is 105 Å². The maximum absolute atomic E-state index is 6.61. The van der Waals surface area contributed by atoms with Crippen molar-refractivity contribution < 1.29 is 18.9 Å². The summed E-state index contributed by atoms with van der Waals surface area (Å²) in [7, 11) is 0. The van der Waals surface area contributed by atoms with E-state index in [9.17, 15) is 0 Å². The summed E-state index contributed by atoms with van der Waals surface area (Å²) < 4.78 is 25.5. The summed E-state index contributed by atoms with van der Waals surface area (Å²) in [4.78, 5) is 4.89. The van der Waals surface area contributed by atoms with Gasteiger partial charge in [-0.25, -0.2) is 0 Å². The van der Waals surface area contributed by atoms with Crippen molar-refractivity contribution in [2.75, 3.05) is 36.2 Å². The van der Waals surface area contributed by atoms with E-state index in [0.29, 0.717) is 26.4 Å². The third-order valence-corrected chi connectivity index (χ3v) is 11.7. The number of benzene rings is 6. The van der Waals surface area contributed by atoms with Gasteiger partial charge in [0, 0.05) is 22.6 Å². The molecular weight excluding hydrogens is 691 g/mol. The van der Waals surface area contributed by atoms with Gasteiger partial charge in [0.25, 0.3) is 6.71 Å². The van der Waals surface area contributed by atoms with E-state index in [-0.39, 0.29) is 17.5 Å². The Morgan fingerprint density at radius 2 is 1.12 bits per heavy atom. The molecule has 6 aromatic carbocycles. The third-order valence-electron chi connectivity index (χ3n) is 11.7. The van der Waals surface area contributed by atoms with Crippen molar-refractivity contribution in [2.24, 2.45) is 0 Å². The summed E-state index contributed by atoms with van der Waals surface area (Å²) in [6, 6.07) is 40.3. The first kappa shape index (κ1) is 34.7. The monoisotopic (exact) mass is 738 g/mol. The Labute approximate surface area is 330 Å². The summed E-state index contributed by atoms with van der Waals surface area (Å²) in [5.41, 5.74) is 16.2. The minimum atomic E-state index is -0.0815. The topological polar surface area (TPSA) is 43.4 Å². The van der Waals surface area contributed by atoms with Crippen LogP contribution in [0.1, 0.15) is 58.2 Å². The summed E-state index contributed by atoms with van der Waals surface area (Å²) in [5.74, 6) is 3.00. The van der Waals surface area contributed by atoms with Gasteiger partial charge >= 0.3 is 0 Å². The number of aryl methyl sites for hydroxylation is 1. The first-order chi connectivity index (χ1) is 27.0. The van der Waals surface area contributed by atoms with Crippen LogP contribution in [0.2, 0.25) is 0 Å². The van der Waals surface area contributed by atoms with Gasteiger partial charge in [-0.3, -0.25) is 0 Å². The van der Waals surface area contributed by atoms with Crippen LogP contribution in [0.5, 0.6) is 23.0 Å². The van der Waals surface area contributed by atoms with Gasteiger partial charge in [-0.2, -0.15) is 0 Å². The normalized spacial score (nSPS) is 15.2. The van der Waals surface area contributed by atoms with Crippen molar-refractivity contribution in [3.63, 3.8) is 0 Å². The molecule has 4 heterocycles. The number of ether oxygens (including phenoxy) is 4. The molecule has 0 spiro atoms. The number of hydrogen-bond acceptors (Lipinski definition) is 6. The summed E-state index contributed by atoms with van der Waals surface area (Å²) in [6.45, 7) is 17.9. The highest BCUT2D eigenvalue weighted by Gasteiger charge is 2.47. The Kier molecular flexibility index (Phi) is 7.80. The van der Waals surface area contributed by atoms with E-state index in [1.165, 1.54) is 44.3 Å². The Bertz CT molecular complexity index is 2550. The Balaban J connectivity index is 1.33. The van der Waals surface area contributed by atoms with Crippen molar-refractivity contribution in [1.82, 2.24) is 0 Å². The van der Waals surface area contributed by atoms with Crippen molar-refractivity contribution >= 4 is 57.2 Å². The molecule has 6 nitrogen and oxygen atoms in total. The number of anilines is 6. The SMILES string of the molecule is Cc1cc2c3c(c1)N(c1cccc4c1OCCO4)c1c(ccc4c1OCCO4)B3c1cc(C(C)(C)C)ccc1N2c1ccc(C(C)(C)C)cc1-c1ccccc1. The quantitative estimate of drug-likeness (QED) is 0.168. The number of rotatable bonds is 3. The van der Waals surface area contributed by atoms with Crippen LogP contribution in [0.25, 0.3) is 11.1 Å². The van der Waals surface area contributed by atoms with E-state index in [1.807, 2.05) is 6.07 Å². The highest BCUT2D eigenvalue weighted by atomic mass is 16.6. The van der Waals surface area contributed by atoms with Gasteiger partial charge in [0.05, 0.1) is 17.1 Å². The van der Waals surface area contributed by atoms with Crippen LogP contribution < -0.4 is 45.1 Å². The zero-order valence-electron chi connectivity index (χ0n) is 33.3. The van der Waals surface area contributed by atoms with Crippen LogP contribution >= 0.6 is 0 Å². The molecule has 0 saturated heterocycles. The fraction of sp³-hybridized carbons (Fsp3) is 0.265. The zero-order chi connectivity index (χ0) is 38.5. The molecule has 0 fully saturated rings. The molecule has 0 aliphatic carbocycles. The number of nitrogens with zero attached hydrogens (tertiary/aromatic N) is 2. The van der Waals surface area contributed by atoms with Gasteiger partial charge in [0.15, 0.2) is 23.0 Å². The average molecular weight is 739 g/mol. The number of para-hydroxylation sites is 1. The first-order valence-electron chi connectivity index (χ1n) is 19.9. The van der Waals surface area contributed by atoms with Crippen LogP contribution in [0.4, 0.5) is 34.1 Å².